The van der Waals surface area contributed by atoms with Gasteiger partial charge < -0.3 is 14.8 Å². The molecule has 0 bridgehead atoms. The van der Waals surface area contributed by atoms with Crippen LogP contribution in [0.15, 0.2) is 48.5 Å². The van der Waals surface area contributed by atoms with E-state index in [1.807, 2.05) is 12.1 Å². The number of nitrogens with one attached hydrogen (secondary N) is 2. The highest BCUT2D eigenvalue weighted by atomic mass is 16.5. The summed E-state index contributed by atoms with van der Waals surface area (Å²) < 4.78 is 9.46. The maximum atomic E-state index is 11.4. The zero-order valence-electron chi connectivity index (χ0n) is 13.0. The molecule has 6 heteroatoms. The van der Waals surface area contributed by atoms with Crippen LogP contribution in [0.25, 0.3) is 0 Å². The van der Waals surface area contributed by atoms with Crippen molar-refractivity contribution in [2.75, 3.05) is 24.4 Å². The van der Waals surface area contributed by atoms with E-state index in [0.29, 0.717) is 17.9 Å². The van der Waals surface area contributed by atoms with Crippen molar-refractivity contribution in [1.29, 1.82) is 0 Å². The fraction of sp³-hybridized carbons (Fsp3) is 0.176. The van der Waals surface area contributed by atoms with Crippen molar-refractivity contribution in [3.05, 3.63) is 54.1 Å². The molecule has 0 saturated carbocycles. The first-order chi connectivity index (χ1) is 11.1. The van der Waals surface area contributed by atoms with Gasteiger partial charge in [0.25, 0.3) is 0 Å². The molecule has 2 rings (SSSR count). The average molecular weight is 314 g/mol. The van der Waals surface area contributed by atoms with Crippen LogP contribution < -0.4 is 10.6 Å². The Morgan fingerprint density at radius 3 is 1.96 bits per heavy atom. The van der Waals surface area contributed by atoms with Gasteiger partial charge >= 0.3 is 12.1 Å². The Labute approximate surface area is 134 Å². The number of amides is 1. The van der Waals surface area contributed by atoms with Crippen molar-refractivity contribution in [3.63, 3.8) is 0 Å². The molecular weight excluding hydrogens is 296 g/mol. The largest absolute Gasteiger partial charge is 0.465 e. The third-order valence-corrected chi connectivity index (χ3v) is 3.00. The predicted octanol–water partition coefficient (Wildman–Crippen LogP) is 3.79. The van der Waals surface area contributed by atoms with E-state index in [1.165, 1.54) is 7.11 Å². The highest BCUT2D eigenvalue weighted by molar-refractivity contribution is 5.89. The second-order valence-corrected chi connectivity index (χ2v) is 4.62. The second-order valence-electron chi connectivity index (χ2n) is 4.62. The number of benzene rings is 2. The minimum atomic E-state index is -0.480. The number of anilines is 3. The monoisotopic (exact) mass is 314 g/mol. The topological polar surface area (TPSA) is 76.7 Å². The molecule has 0 aliphatic carbocycles. The van der Waals surface area contributed by atoms with Crippen molar-refractivity contribution in [2.45, 2.75) is 6.92 Å². The third-order valence-electron chi connectivity index (χ3n) is 3.00. The van der Waals surface area contributed by atoms with Gasteiger partial charge in [0.1, 0.15) is 0 Å². The lowest BCUT2D eigenvalue weighted by molar-refractivity contribution is 0.0600. The molecule has 0 unspecified atom stereocenters. The lowest BCUT2D eigenvalue weighted by Crippen LogP contribution is -2.13. The minimum absolute atomic E-state index is 0.326. The van der Waals surface area contributed by atoms with Crippen molar-refractivity contribution in [2.24, 2.45) is 0 Å². The molecular formula is C17H18N2O4. The van der Waals surface area contributed by atoms with E-state index >= 15 is 0 Å². The molecule has 0 spiro atoms. The molecule has 0 aromatic heterocycles. The number of rotatable bonds is 5. The number of hydrogen-bond acceptors (Lipinski definition) is 5. The van der Waals surface area contributed by atoms with Gasteiger partial charge in [-0.2, -0.15) is 0 Å². The molecule has 0 fully saturated rings. The zero-order valence-corrected chi connectivity index (χ0v) is 13.0. The van der Waals surface area contributed by atoms with Crippen LogP contribution in [0.5, 0.6) is 0 Å². The summed E-state index contributed by atoms with van der Waals surface area (Å²) in [5.74, 6) is -0.369. The van der Waals surface area contributed by atoms with Gasteiger partial charge in [0.2, 0.25) is 0 Å². The SMILES string of the molecule is CCOC(=O)Nc1ccc(Nc2ccc(C(=O)OC)cc2)cc1. The smallest absolute Gasteiger partial charge is 0.411 e. The number of hydrogen-bond donors (Lipinski definition) is 2. The molecule has 120 valence electrons. The molecule has 0 saturated heterocycles. The summed E-state index contributed by atoms with van der Waals surface area (Å²) in [6, 6.07) is 14.1. The van der Waals surface area contributed by atoms with Crippen molar-refractivity contribution >= 4 is 29.1 Å². The number of esters is 1. The molecule has 1 amide bonds. The molecule has 23 heavy (non-hydrogen) atoms. The summed E-state index contributed by atoms with van der Waals surface area (Å²) in [4.78, 5) is 22.7. The normalized spacial score (nSPS) is 9.83. The summed E-state index contributed by atoms with van der Waals surface area (Å²) in [6.45, 7) is 2.07. The molecule has 0 aliphatic heterocycles. The Morgan fingerprint density at radius 1 is 0.913 bits per heavy atom. The van der Waals surface area contributed by atoms with Gasteiger partial charge in [-0.3, -0.25) is 5.32 Å². The molecule has 2 aromatic rings. The van der Waals surface area contributed by atoms with Gasteiger partial charge in [0, 0.05) is 17.1 Å². The van der Waals surface area contributed by atoms with E-state index < -0.39 is 6.09 Å². The summed E-state index contributed by atoms with van der Waals surface area (Å²) in [6.07, 6.45) is -0.480. The van der Waals surface area contributed by atoms with E-state index in [1.54, 1.807) is 43.3 Å². The van der Waals surface area contributed by atoms with Gasteiger partial charge in [-0.05, 0) is 55.5 Å². The van der Waals surface area contributed by atoms with Crippen LogP contribution in [0.4, 0.5) is 21.9 Å². The molecule has 0 aliphatic rings. The van der Waals surface area contributed by atoms with E-state index in [9.17, 15) is 9.59 Å². The maximum absolute atomic E-state index is 11.4. The van der Waals surface area contributed by atoms with Crippen LogP contribution in [0.2, 0.25) is 0 Å². The van der Waals surface area contributed by atoms with Gasteiger partial charge in [-0.15, -0.1) is 0 Å². The third kappa shape index (κ3) is 4.74. The molecule has 2 aromatic carbocycles. The Balaban J connectivity index is 1.98. The van der Waals surface area contributed by atoms with E-state index in [-0.39, 0.29) is 5.97 Å². The van der Waals surface area contributed by atoms with Gasteiger partial charge in [0.15, 0.2) is 0 Å². The van der Waals surface area contributed by atoms with Crippen molar-refractivity contribution in [1.82, 2.24) is 0 Å². The Morgan fingerprint density at radius 2 is 1.43 bits per heavy atom. The van der Waals surface area contributed by atoms with E-state index in [2.05, 4.69) is 15.4 Å². The Hall–Kier alpha value is -3.02. The van der Waals surface area contributed by atoms with E-state index in [0.717, 1.165) is 11.4 Å². The van der Waals surface area contributed by atoms with Gasteiger partial charge in [-0.1, -0.05) is 0 Å². The van der Waals surface area contributed by atoms with Crippen LogP contribution in [-0.4, -0.2) is 25.8 Å². The van der Waals surface area contributed by atoms with Crippen molar-refractivity contribution < 1.29 is 19.1 Å². The number of methoxy groups -OCH3 is 1. The minimum Gasteiger partial charge on any atom is -0.465 e. The van der Waals surface area contributed by atoms with Crippen LogP contribution in [0, 0.1) is 0 Å². The fourth-order valence-corrected chi connectivity index (χ4v) is 1.90. The lowest BCUT2D eigenvalue weighted by Gasteiger charge is -2.09. The average Bonchev–Trinajstić information content (AvgIpc) is 2.57. The number of ether oxygens (including phenoxy) is 2. The number of carbonyl (C=O) groups is 2. The Kier molecular flexibility index (Phi) is 5.57. The van der Waals surface area contributed by atoms with Crippen LogP contribution >= 0.6 is 0 Å². The van der Waals surface area contributed by atoms with Crippen LogP contribution in [0.3, 0.4) is 0 Å². The van der Waals surface area contributed by atoms with Gasteiger partial charge in [0.05, 0.1) is 19.3 Å². The highest BCUT2D eigenvalue weighted by Gasteiger charge is 2.05. The van der Waals surface area contributed by atoms with Crippen LogP contribution in [0.1, 0.15) is 17.3 Å². The maximum Gasteiger partial charge on any atom is 0.411 e. The lowest BCUT2D eigenvalue weighted by atomic mass is 10.2. The Bertz CT molecular complexity index is 666. The summed E-state index contributed by atoms with van der Waals surface area (Å²) in [5.41, 5.74) is 2.83. The predicted molar refractivity (Wildman–Crippen MR) is 88.2 cm³/mol. The van der Waals surface area contributed by atoms with Crippen LogP contribution in [-0.2, 0) is 9.47 Å². The highest BCUT2D eigenvalue weighted by Crippen LogP contribution is 2.19. The number of carbonyl (C=O) groups excluding carboxylic acids is 2. The standard InChI is InChI=1S/C17H18N2O4/c1-3-23-17(21)19-15-10-8-14(9-11-15)18-13-6-4-12(5-7-13)16(20)22-2/h4-11,18H,3H2,1-2H3,(H,19,21). The summed E-state index contributed by atoms with van der Waals surface area (Å²) in [7, 11) is 1.35. The molecule has 2 N–H and O–H groups in total. The first kappa shape index (κ1) is 16.4. The van der Waals surface area contributed by atoms with E-state index in [4.69, 9.17) is 4.74 Å². The molecule has 6 nitrogen and oxygen atoms in total. The first-order valence-corrected chi connectivity index (χ1v) is 7.11. The quantitative estimate of drug-likeness (QED) is 0.821. The molecule has 0 radical (unpaired) electrons. The first-order valence-electron chi connectivity index (χ1n) is 7.11. The summed E-state index contributed by atoms with van der Waals surface area (Å²) in [5, 5.41) is 5.82. The summed E-state index contributed by atoms with van der Waals surface area (Å²) >= 11 is 0. The van der Waals surface area contributed by atoms with Crippen molar-refractivity contribution in [3.8, 4) is 0 Å². The molecule has 0 atom stereocenters. The van der Waals surface area contributed by atoms with Gasteiger partial charge in [-0.25, -0.2) is 9.59 Å². The zero-order chi connectivity index (χ0) is 16.7. The fourth-order valence-electron chi connectivity index (χ4n) is 1.90. The molecule has 0 heterocycles. The second kappa shape index (κ2) is 7.84.